The lowest BCUT2D eigenvalue weighted by Crippen LogP contribution is -2.47. The van der Waals surface area contributed by atoms with E-state index in [2.05, 4.69) is 6.58 Å². The number of hydrogen-bond donors (Lipinski definition) is 5. The zero-order valence-electron chi connectivity index (χ0n) is 26.4. The number of nitrogens with two attached hydrogens (primary N) is 1. The van der Waals surface area contributed by atoms with Crippen LogP contribution >= 0.6 is 0 Å². The van der Waals surface area contributed by atoms with Crippen LogP contribution < -0.4 is 5.73 Å². The first-order chi connectivity index (χ1) is 19.6. The van der Waals surface area contributed by atoms with E-state index in [0.717, 1.165) is 12.8 Å². The molecule has 1 saturated heterocycles. The van der Waals surface area contributed by atoms with Gasteiger partial charge in [-0.25, -0.2) is 4.79 Å². The van der Waals surface area contributed by atoms with Crippen molar-refractivity contribution in [1.82, 2.24) is 0 Å². The maximum Gasteiger partial charge on any atom is 0.404 e. The van der Waals surface area contributed by atoms with Crippen LogP contribution in [0.3, 0.4) is 0 Å². The Hall–Kier alpha value is -2.20. The molecule has 6 N–H and O–H groups in total. The summed E-state index contributed by atoms with van der Waals surface area (Å²) >= 11 is 0. The highest BCUT2D eigenvalue weighted by molar-refractivity contribution is 5.73. The molecule has 0 spiro atoms. The van der Waals surface area contributed by atoms with E-state index in [1.807, 2.05) is 47.6 Å². The van der Waals surface area contributed by atoms with Gasteiger partial charge in [-0.15, -0.1) is 0 Å². The summed E-state index contributed by atoms with van der Waals surface area (Å²) in [6.45, 7) is 16.8. The fraction of sp³-hybridized carbons (Fsp3) is 0.758. The van der Waals surface area contributed by atoms with Crippen molar-refractivity contribution in [2.24, 2.45) is 59.0 Å². The fourth-order valence-corrected chi connectivity index (χ4v) is 6.61. The predicted molar refractivity (Wildman–Crippen MR) is 162 cm³/mol. The van der Waals surface area contributed by atoms with E-state index in [-0.39, 0.29) is 41.9 Å². The molecule has 2 fully saturated rings. The second-order valence-electron chi connectivity index (χ2n) is 13.1. The van der Waals surface area contributed by atoms with Gasteiger partial charge >= 0.3 is 12.1 Å². The van der Waals surface area contributed by atoms with Gasteiger partial charge in [0.1, 0.15) is 12.2 Å². The molecule has 9 heteroatoms. The average molecular weight is 594 g/mol. The van der Waals surface area contributed by atoms with Crippen LogP contribution in [0.1, 0.15) is 67.7 Å². The van der Waals surface area contributed by atoms with Crippen molar-refractivity contribution in [3.8, 4) is 0 Å². The van der Waals surface area contributed by atoms with E-state index in [9.17, 15) is 30.0 Å². The summed E-state index contributed by atoms with van der Waals surface area (Å²) in [5.74, 6) is -1.32. The summed E-state index contributed by atoms with van der Waals surface area (Å²) in [6.07, 6.45) is 5.67. The summed E-state index contributed by atoms with van der Waals surface area (Å²) in [4.78, 5) is 23.5. The fourth-order valence-electron chi connectivity index (χ4n) is 6.61. The highest BCUT2D eigenvalue weighted by atomic mass is 16.6. The number of aliphatic hydroxyl groups is 4. The van der Waals surface area contributed by atoms with Crippen molar-refractivity contribution in [3.63, 3.8) is 0 Å². The van der Waals surface area contributed by atoms with E-state index in [1.54, 1.807) is 31.2 Å². The van der Waals surface area contributed by atoms with Crippen LogP contribution in [0.15, 0.2) is 37.0 Å². The number of primary amides is 1. The van der Waals surface area contributed by atoms with Crippen LogP contribution in [0.2, 0.25) is 0 Å². The first-order valence-corrected chi connectivity index (χ1v) is 15.5. The van der Waals surface area contributed by atoms with E-state index < -0.39 is 54.6 Å². The van der Waals surface area contributed by atoms with Gasteiger partial charge in [-0.2, -0.15) is 0 Å². The third-order valence-corrected chi connectivity index (χ3v) is 9.75. The molecular weight excluding hydrogens is 538 g/mol. The second-order valence-corrected chi connectivity index (χ2v) is 13.1. The van der Waals surface area contributed by atoms with Gasteiger partial charge < -0.3 is 35.6 Å². The van der Waals surface area contributed by atoms with Gasteiger partial charge in [0.2, 0.25) is 0 Å². The minimum Gasteiger partial charge on any atom is -0.462 e. The lowest BCUT2D eigenvalue weighted by molar-refractivity contribution is -0.179. The van der Waals surface area contributed by atoms with Gasteiger partial charge in [0.25, 0.3) is 0 Å². The Labute approximate surface area is 251 Å². The molecule has 42 heavy (non-hydrogen) atoms. The molecule has 1 heterocycles. The van der Waals surface area contributed by atoms with Gasteiger partial charge in [0, 0.05) is 30.1 Å². The standard InChI is InChI=1S/C33H55NO8/c1-9-10-11-18(3)31(42-33(34)40)22(7)29(37)19(4)14-24-15-26(24)20(5)28(36)17(2)12-13-25(35)16-27-21(6)30(38)23(8)32(39)41-27/h9-13,17-31,35-38H,1,14-16H2,2-8H3,(H2,34,40)/b11-10-,13-12-/t17-,18-,19-,20-,21-,22-,23+,24+,25+,26+,27-,28-,29+,30-,31-/m0/s1. The maximum atomic E-state index is 12.0. The van der Waals surface area contributed by atoms with Crippen LogP contribution in [0.5, 0.6) is 0 Å². The topological polar surface area (TPSA) is 160 Å². The van der Waals surface area contributed by atoms with Crippen LogP contribution in [0, 0.1) is 53.3 Å². The Balaban J connectivity index is 1.88. The highest BCUT2D eigenvalue weighted by Crippen LogP contribution is 2.50. The molecule has 1 amide bonds. The molecule has 15 atom stereocenters. The summed E-state index contributed by atoms with van der Waals surface area (Å²) in [7, 11) is 0. The minimum absolute atomic E-state index is 0.0273. The number of carbonyl (C=O) groups is 2. The zero-order chi connectivity index (χ0) is 31.9. The molecule has 240 valence electrons. The Bertz CT molecular complexity index is 952. The van der Waals surface area contributed by atoms with E-state index >= 15 is 0 Å². The number of amides is 1. The second kappa shape index (κ2) is 16.0. The summed E-state index contributed by atoms with van der Waals surface area (Å²) in [5, 5.41) is 43.0. The highest BCUT2D eigenvalue weighted by Gasteiger charge is 2.46. The van der Waals surface area contributed by atoms with Gasteiger partial charge in [0.15, 0.2) is 0 Å². The molecule has 9 nitrogen and oxygen atoms in total. The minimum atomic E-state index is -0.869. The summed E-state index contributed by atoms with van der Waals surface area (Å²) in [6, 6.07) is 0. The number of aliphatic hydroxyl groups excluding tert-OH is 4. The molecule has 0 unspecified atom stereocenters. The number of rotatable bonds is 16. The SMILES string of the molecule is C=C/C=C\[C@H](C)[C@H](OC(N)=O)[C@@H](C)[C@H](O)[C@@H](C)C[C@@H]1C[C@@H]1[C@H](C)[C@@H](O)[C@@H](C)/C=C\[C@@H](O)C[C@@H]1OC(=O)[C@H](C)[C@@H](O)[C@H]1C. The van der Waals surface area contributed by atoms with Gasteiger partial charge in [-0.3, -0.25) is 4.79 Å². The van der Waals surface area contributed by atoms with Crippen molar-refractivity contribution >= 4 is 12.1 Å². The molecule has 1 aliphatic heterocycles. The van der Waals surface area contributed by atoms with Crippen LogP contribution in [-0.2, 0) is 14.3 Å². The van der Waals surface area contributed by atoms with Crippen molar-refractivity contribution in [1.29, 1.82) is 0 Å². The van der Waals surface area contributed by atoms with Crippen molar-refractivity contribution < 1.29 is 39.5 Å². The molecule has 0 bridgehead atoms. The Morgan fingerprint density at radius 1 is 1.05 bits per heavy atom. The van der Waals surface area contributed by atoms with E-state index in [0.29, 0.717) is 11.8 Å². The van der Waals surface area contributed by atoms with E-state index in [4.69, 9.17) is 15.2 Å². The van der Waals surface area contributed by atoms with Gasteiger partial charge in [-0.1, -0.05) is 78.5 Å². The van der Waals surface area contributed by atoms with E-state index in [1.165, 1.54) is 0 Å². The number of allylic oxidation sites excluding steroid dienone is 2. The van der Waals surface area contributed by atoms with Crippen molar-refractivity contribution in [2.45, 2.75) is 104 Å². The molecule has 1 saturated carbocycles. The van der Waals surface area contributed by atoms with Crippen molar-refractivity contribution in [3.05, 3.63) is 37.0 Å². The number of cyclic esters (lactones) is 1. The van der Waals surface area contributed by atoms with Gasteiger partial charge in [0.05, 0.1) is 30.3 Å². The Kier molecular flexibility index (Phi) is 13.7. The Morgan fingerprint density at radius 2 is 1.69 bits per heavy atom. The third kappa shape index (κ3) is 9.66. The molecule has 2 rings (SSSR count). The molecule has 0 radical (unpaired) electrons. The van der Waals surface area contributed by atoms with Crippen LogP contribution in [0.4, 0.5) is 4.79 Å². The quantitative estimate of drug-likeness (QED) is 0.102. The number of esters is 1. The lowest BCUT2D eigenvalue weighted by Gasteiger charge is -2.36. The molecular formula is C33H55NO8. The van der Waals surface area contributed by atoms with Crippen LogP contribution in [0.25, 0.3) is 0 Å². The molecule has 1 aliphatic carbocycles. The first kappa shape index (κ1) is 36.0. The van der Waals surface area contributed by atoms with Crippen LogP contribution in [-0.4, -0.2) is 69.1 Å². The Morgan fingerprint density at radius 3 is 2.29 bits per heavy atom. The zero-order valence-corrected chi connectivity index (χ0v) is 26.4. The third-order valence-electron chi connectivity index (χ3n) is 9.75. The normalized spacial score (nSPS) is 32.7. The van der Waals surface area contributed by atoms with Gasteiger partial charge in [-0.05, 0) is 43.4 Å². The molecule has 2 aliphatic rings. The average Bonchev–Trinajstić information content (AvgIpc) is 3.71. The maximum absolute atomic E-state index is 12.0. The first-order valence-electron chi connectivity index (χ1n) is 15.5. The smallest absolute Gasteiger partial charge is 0.404 e. The van der Waals surface area contributed by atoms with Crippen molar-refractivity contribution in [2.75, 3.05) is 0 Å². The summed E-state index contributed by atoms with van der Waals surface area (Å²) < 4.78 is 10.8. The molecule has 0 aromatic carbocycles. The monoisotopic (exact) mass is 593 g/mol. The largest absolute Gasteiger partial charge is 0.462 e. The predicted octanol–water partition coefficient (Wildman–Crippen LogP) is 3.99. The molecule has 0 aromatic heterocycles. The number of hydrogen-bond acceptors (Lipinski definition) is 8. The number of ether oxygens (including phenoxy) is 2. The number of carbonyl (C=O) groups excluding carboxylic acids is 2. The summed E-state index contributed by atoms with van der Waals surface area (Å²) in [5.41, 5.74) is 5.31. The molecule has 0 aromatic rings. The lowest BCUT2D eigenvalue weighted by atomic mass is 9.81.